The fourth-order valence-electron chi connectivity index (χ4n) is 2.27. The van der Waals surface area contributed by atoms with E-state index >= 15 is 0 Å². The number of halogens is 1. The van der Waals surface area contributed by atoms with Crippen molar-refractivity contribution in [1.29, 1.82) is 0 Å². The van der Waals surface area contributed by atoms with E-state index in [1.165, 1.54) is 24.3 Å². The summed E-state index contributed by atoms with van der Waals surface area (Å²) in [5, 5.41) is 0. The quantitative estimate of drug-likeness (QED) is 0.849. The molecule has 5 nitrogen and oxygen atoms in total. The number of nitrogens with one attached hydrogen (secondary N) is 1. The summed E-state index contributed by atoms with van der Waals surface area (Å²) < 4.78 is 44.8. The van der Waals surface area contributed by atoms with Crippen LogP contribution < -0.4 is 4.72 Å². The van der Waals surface area contributed by atoms with Gasteiger partial charge in [0.05, 0.1) is 18.5 Å². The molecule has 0 radical (unpaired) electrons. The van der Waals surface area contributed by atoms with Gasteiger partial charge in [0.2, 0.25) is 10.0 Å². The van der Waals surface area contributed by atoms with Crippen molar-refractivity contribution in [2.75, 3.05) is 33.3 Å². The summed E-state index contributed by atoms with van der Waals surface area (Å²) in [6.07, 6.45) is 0.713. The molecule has 1 aliphatic rings. The van der Waals surface area contributed by atoms with E-state index in [-0.39, 0.29) is 17.7 Å². The molecule has 1 saturated heterocycles. The molecule has 1 unspecified atom stereocenters. The highest BCUT2D eigenvalue weighted by molar-refractivity contribution is 7.88. The first-order chi connectivity index (χ1) is 9.94. The minimum atomic E-state index is -3.40. The number of hydrogen-bond acceptors (Lipinski definition) is 4. The third-order valence-electron chi connectivity index (χ3n) is 3.40. The minimum absolute atomic E-state index is 0.0669. The van der Waals surface area contributed by atoms with Gasteiger partial charge in [0.15, 0.2) is 0 Å². The van der Waals surface area contributed by atoms with E-state index in [0.717, 1.165) is 13.1 Å². The molecule has 21 heavy (non-hydrogen) atoms. The predicted molar refractivity (Wildman–Crippen MR) is 78.9 cm³/mol. The summed E-state index contributed by atoms with van der Waals surface area (Å²) in [5.74, 6) is -0.513. The Bertz CT molecular complexity index is 548. The Morgan fingerprint density at radius 3 is 2.76 bits per heavy atom. The second-order valence-electron chi connectivity index (χ2n) is 5.32. The molecule has 1 aromatic rings. The van der Waals surface area contributed by atoms with Crippen LogP contribution in [-0.2, 0) is 20.5 Å². The Morgan fingerprint density at radius 2 is 2.10 bits per heavy atom. The van der Waals surface area contributed by atoms with Gasteiger partial charge in [0, 0.05) is 19.6 Å². The van der Waals surface area contributed by atoms with Gasteiger partial charge in [-0.05, 0) is 31.2 Å². The summed E-state index contributed by atoms with van der Waals surface area (Å²) >= 11 is 0. The van der Waals surface area contributed by atoms with Crippen LogP contribution in [0.4, 0.5) is 4.39 Å². The summed E-state index contributed by atoms with van der Waals surface area (Å²) in [6.45, 7) is 2.76. The topological polar surface area (TPSA) is 58.6 Å². The summed E-state index contributed by atoms with van der Waals surface area (Å²) in [5.41, 5.74) is 0.567. The van der Waals surface area contributed by atoms with E-state index in [1.54, 1.807) is 0 Å². The Hall–Kier alpha value is -1.02. The average Bonchev–Trinajstić information content (AvgIpc) is 2.41. The van der Waals surface area contributed by atoms with E-state index in [0.29, 0.717) is 25.1 Å². The molecule has 7 heteroatoms. The van der Waals surface area contributed by atoms with E-state index in [1.807, 2.05) is 7.05 Å². The highest BCUT2D eigenvalue weighted by atomic mass is 32.2. The molecule has 0 saturated carbocycles. The number of likely N-dealkylation sites (N-methyl/N-ethyl adjacent to an activating group) is 1. The van der Waals surface area contributed by atoms with Crippen molar-refractivity contribution in [3.05, 3.63) is 35.6 Å². The van der Waals surface area contributed by atoms with E-state index < -0.39 is 10.0 Å². The van der Waals surface area contributed by atoms with Gasteiger partial charge in [0.1, 0.15) is 5.82 Å². The van der Waals surface area contributed by atoms with Gasteiger partial charge in [-0.1, -0.05) is 12.1 Å². The predicted octanol–water partition coefficient (Wildman–Crippen LogP) is 0.966. The lowest BCUT2D eigenvalue weighted by molar-refractivity contribution is -0.0222. The number of hydrogen-bond donors (Lipinski definition) is 1. The molecule has 0 amide bonds. The van der Waals surface area contributed by atoms with Crippen LogP contribution in [0, 0.1) is 5.82 Å². The molecular formula is C14H21FN2O3S. The Labute approximate surface area is 125 Å². The number of rotatable bonds is 6. The lowest BCUT2D eigenvalue weighted by Crippen LogP contribution is -2.41. The monoisotopic (exact) mass is 316 g/mol. The highest BCUT2D eigenvalue weighted by Crippen LogP contribution is 2.08. The van der Waals surface area contributed by atoms with Crippen LogP contribution in [0.15, 0.2) is 24.3 Å². The van der Waals surface area contributed by atoms with Gasteiger partial charge in [-0.15, -0.1) is 0 Å². The minimum Gasteiger partial charge on any atom is -0.376 e. The first-order valence-corrected chi connectivity index (χ1v) is 8.62. The maximum atomic E-state index is 12.8. The van der Waals surface area contributed by atoms with Gasteiger partial charge in [0.25, 0.3) is 0 Å². The fraction of sp³-hybridized carbons (Fsp3) is 0.571. The standard InChI is InChI=1S/C14H21FN2O3S/c1-17-8-9-20-14(10-17)6-7-16-21(18,19)11-12-2-4-13(15)5-3-12/h2-5,14,16H,6-11H2,1H3. The van der Waals surface area contributed by atoms with Crippen LogP contribution in [0.5, 0.6) is 0 Å². The number of nitrogens with zero attached hydrogens (tertiary/aromatic N) is 1. The van der Waals surface area contributed by atoms with E-state index in [4.69, 9.17) is 4.74 Å². The van der Waals surface area contributed by atoms with Gasteiger partial charge < -0.3 is 9.64 Å². The third-order valence-corrected chi connectivity index (χ3v) is 4.76. The zero-order valence-corrected chi connectivity index (χ0v) is 12.9. The first kappa shape index (κ1) is 16.4. The molecule has 1 N–H and O–H groups in total. The highest BCUT2D eigenvalue weighted by Gasteiger charge is 2.18. The molecule has 0 aliphatic carbocycles. The third kappa shape index (κ3) is 5.70. The number of benzene rings is 1. The van der Waals surface area contributed by atoms with Gasteiger partial charge in [-0.2, -0.15) is 0 Å². The lowest BCUT2D eigenvalue weighted by Gasteiger charge is -2.30. The van der Waals surface area contributed by atoms with Crippen LogP contribution in [0.1, 0.15) is 12.0 Å². The summed E-state index contributed by atoms with van der Waals surface area (Å²) in [4.78, 5) is 2.17. The second kappa shape index (κ2) is 7.31. The fourth-order valence-corrected chi connectivity index (χ4v) is 3.43. The molecule has 0 spiro atoms. The van der Waals surface area contributed by atoms with Crippen LogP contribution in [0.2, 0.25) is 0 Å². The van der Waals surface area contributed by atoms with Gasteiger partial charge >= 0.3 is 0 Å². The molecule has 2 rings (SSSR count). The number of sulfonamides is 1. The Balaban J connectivity index is 1.77. The van der Waals surface area contributed by atoms with Crippen LogP contribution in [0.3, 0.4) is 0 Å². The zero-order chi connectivity index (χ0) is 15.3. The maximum absolute atomic E-state index is 12.8. The summed E-state index contributed by atoms with van der Waals surface area (Å²) in [6, 6.07) is 5.48. The molecular weight excluding hydrogens is 295 g/mol. The van der Waals surface area contributed by atoms with Crippen molar-refractivity contribution >= 4 is 10.0 Å². The van der Waals surface area contributed by atoms with Crippen LogP contribution in [0.25, 0.3) is 0 Å². The first-order valence-electron chi connectivity index (χ1n) is 6.96. The SMILES string of the molecule is CN1CCOC(CCNS(=O)(=O)Cc2ccc(F)cc2)C1. The van der Waals surface area contributed by atoms with Crippen molar-refractivity contribution in [3.63, 3.8) is 0 Å². The van der Waals surface area contributed by atoms with Crippen molar-refractivity contribution in [1.82, 2.24) is 9.62 Å². The van der Waals surface area contributed by atoms with Crippen molar-refractivity contribution in [3.8, 4) is 0 Å². The van der Waals surface area contributed by atoms with Crippen molar-refractivity contribution < 1.29 is 17.5 Å². The molecule has 1 aliphatic heterocycles. The maximum Gasteiger partial charge on any atom is 0.215 e. The average molecular weight is 316 g/mol. The molecule has 0 aromatic heterocycles. The molecule has 1 atom stereocenters. The Morgan fingerprint density at radius 1 is 1.38 bits per heavy atom. The zero-order valence-electron chi connectivity index (χ0n) is 12.1. The molecule has 1 fully saturated rings. The number of morpholine rings is 1. The normalized spacial score (nSPS) is 20.6. The summed E-state index contributed by atoms with van der Waals surface area (Å²) in [7, 11) is -1.38. The van der Waals surface area contributed by atoms with E-state index in [9.17, 15) is 12.8 Å². The van der Waals surface area contributed by atoms with Crippen LogP contribution in [-0.4, -0.2) is 52.7 Å². The smallest absolute Gasteiger partial charge is 0.215 e. The van der Waals surface area contributed by atoms with E-state index in [2.05, 4.69) is 9.62 Å². The molecule has 118 valence electrons. The second-order valence-corrected chi connectivity index (χ2v) is 7.13. The largest absolute Gasteiger partial charge is 0.376 e. The molecule has 0 bridgehead atoms. The van der Waals surface area contributed by atoms with Crippen molar-refractivity contribution in [2.45, 2.75) is 18.3 Å². The lowest BCUT2D eigenvalue weighted by atomic mass is 10.2. The molecule has 1 aromatic carbocycles. The van der Waals surface area contributed by atoms with Gasteiger partial charge in [-0.3, -0.25) is 0 Å². The molecule has 1 heterocycles. The van der Waals surface area contributed by atoms with Crippen LogP contribution >= 0.6 is 0 Å². The van der Waals surface area contributed by atoms with Gasteiger partial charge in [-0.25, -0.2) is 17.5 Å². The number of ether oxygens (including phenoxy) is 1. The van der Waals surface area contributed by atoms with Crippen molar-refractivity contribution in [2.24, 2.45) is 0 Å². The Kier molecular flexibility index (Phi) is 5.69.